The van der Waals surface area contributed by atoms with Gasteiger partial charge in [0.05, 0.1) is 6.10 Å². The van der Waals surface area contributed by atoms with Crippen LogP contribution in [-0.2, 0) is 9.47 Å². The maximum Gasteiger partial charge on any atom is 0.559 e. The molecule has 0 aliphatic rings. The molecule has 172 valence electrons. The Balaban J connectivity index is 0. The fourth-order valence-electron chi connectivity index (χ4n) is 1.87. The summed E-state index contributed by atoms with van der Waals surface area (Å²) >= 11 is 0. The van der Waals surface area contributed by atoms with Crippen LogP contribution in [0.15, 0.2) is 0 Å². The smallest absolute Gasteiger partial charge is 0.366 e. The largest absolute Gasteiger partial charge is 0.559 e. The Kier molecular flexibility index (Phi) is 12.0. The SMILES string of the molecule is CC(C)CC(CC(F)(F)C(C)C)OC(F)(F)COCC(C)(F)F.FC(F)(F)F. The van der Waals surface area contributed by atoms with E-state index in [1.807, 2.05) is 0 Å². The van der Waals surface area contributed by atoms with E-state index in [0.29, 0.717) is 6.92 Å². The Morgan fingerprint density at radius 3 is 1.50 bits per heavy atom. The molecule has 0 aromatic heterocycles. The van der Waals surface area contributed by atoms with Crippen molar-refractivity contribution in [1.82, 2.24) is 0 Å². The maximum absolute atomic E-state index is 13.8. The first-order valence-corrected chi connectivity index (χ1v) is 8.29. The van der Waals surface area contributed by atoms with E-state index in [2.05, 4.69) is 9.47 Å². The highest BCUT2D eigenvalue weighted by Gasteiger charge is 2.42. The quantitative estimate of drug-likeness (QED) is 0.328. The Labute approximate surface area is 157 Å². The fraction of sp³-hybridized carbons (Fsp3) is 1.00. The molecule has 0 aliphatic heterocycles. The first-order valence-electron chi connectivity index (χ1n) is 8.29. The Morgan fingerprint density at radius 1 is 0.750 bits per heavy atom. The predicted octanol–water partition coefficient (Wildman–Crippen LogP) is 6.84. The van der Waals surface area contributed by atoms with Crippen molar-refractivity contribution in [3.63, 3.8) is 0 Å². The molecule has 0 aromatic rings. The van der Waals surface area contributed by atoms with E-state index in [1.54, 1.807) is 13.8 Å². The molecule has 0 saturated carbocycles. The maximum atomic E-state index is 13.8. The van der Waals surface area contributed by atoms with Crippen LogP contribution in [0.1, 0.15) is 47.5 Å². The van der Waals surface area contributed by atoms with E-state index >= 15 is 0 Å². The lowest BCUT2D eigenvalue weighted by Gasteiger charge is -2.30. The Hall–Kier alpha value is -0.780. The molecule has 0 saturated heterocycles. The monoisotopic (exact) mass is 440 g/mol. The van der Waals surface area contributed by atoms with Gasteiger partial charge in [-0.1, -0.05) is 27.7 Å². The molecule has 0 N–H and O–H groups in total. The van der Waals surface area contributed by atoms with E-state index in [1.165, 1.54) is 13.8 Å². The van der Waals surface area contributed by atoms with E-state index < -0.39 is 56.0 Å². The van der Waals surface area contributed by atoms with Crippen molar-refractivity contribution < 1.29 is 53.4 Å². The molecule has 28 heavy (non-hydrogen) atoms. The number of alkyl halides is 10. The topological polar surface area (TPSA) is 18.5 Å². The first kappa shape index (κ1) is 29.4. The van der Waals surface area contributed by atoms with Crippen LogP contribution in [0.4, 0.5) is 43.9 Å². The number of halogens is 10. The normalized spacial score (nSPS) is 14.9. The molecule has 0 bridgehead atoms. The van der Waals surface area contributed by atoms with Crippen molar-refractivity contribution in [3.05, 3.63) is 0 Å². The zero-order valence-electron chi connectivity index (χ0n) is 16.2. The van der Waals surface area contributed by atoms with Gasteiger partial charge in [0.15, 0.2) is 0 Å². The molecule has 1 atom stereocenters. The van der Waals surface area contributed by atoms with Gasteiger partial charge in [0.25, 0.3) is 11.8 Å². The number of hydrogen-bond acceptors (Lipinski definition) is 2. The fourth-order valence-corrected chi connectivity index (χ4v) is 1.87. The molecule has 2 nitrogen and oxygen atoms in total. The molecule has 1 unspecified atom stereocenters. The molecule has 0 rings (SSSR count). The van der Waals surface area contributed by atoms with Gasteiger partial charge in [-0.05, 0) is 12.3 Å². The van der Waals surface area contributed by atoms with Crippen LogP contribution in [0.25, 0.3) is 0 Å². The van der Waals surface area contributed by atoms with Gasteiger partial charge in [-0.15, -0.1) is 17.6 Å². The summed E-state index contributed by atoms with van der Waals surface area (Å²) in [6, 6.07) is 0. The highest BCUT2D eigenvalue weighted by atomic mass is 19.5. The van der Waals surface area contributed by atoms with Gasteiger partial charge in [-0.2, -0.15) is 8.78 Å². The third-order valence-electron chi connectivity index (χ3n) is 3.04. The zero-order valence-corrected chi connectivity index (χ0v) is 16.2. The summed E-state index contributed by atoms with van der Waals surface area (Å²) in [6.45, 7) is 3.89. The van der Waals surface area contributed by atoms with Gasteiger partial charge in [0.2, 0.25) is 0 Å². The average Bonchev–Trinajstić information content (AvgIpc) is 2.31. The van der Waals surface area contributed by atoms with Crippen molar-refractivity contribution in [2.45, 2.75) is 77.9 Å². The van der Waals surface area contributed by atoms with E-state index in [4.69, 9.17) is 0 Å². The molecule has 0 aliphatic carbocycles. The van der Waals surface area contributed by atoms with Gasteiger partial charge in [-0.25, -0.2) is 17.6 Å². The standard InChI is InChI=1S/C15H26F6O2.CF4/c1-10(2)6-12(7-14(18,19)11(3)4)23-15(20,21)9-22-8-13(5,16)17;2-1(3,4)5/h10-12H,6-9H2,1-5H3;. The molecule has 0 spiro atoms. The molecule has 0 fully saturated rings. The summed E-state index contributed by atoms with van der Waals surface area (Å²) in [7, 11) is 0. The number of rotatable bonds is 11. The second kappa shape index (κ2) is 11.4. The van der Waals surface area contributed by atoms with Crippen molar-refractivity contribution in [2.75, 3.05) is 13.2 Å². The first-order chi connectivity index (χ1) is 12.1. The van der Waals surface area contributed by atoms with Gasteiger partial charge in [-0.3, -0.25) is 0 Å². The minimum Gasteiger partial charge on any atom is -0.366 e. The second-order valence-corrected chi connectivity index (χ2v) is 7.12. The van der Waals surface area contributed by atoms with Crippen LogP contribution in [-0.4, -0.2) is 43.7 Å². The molecule has 0 amide bonds. The zero-order chi connectivity index (χ0) is 23.0. The third-order valence-corrected chi connectivity index (χ3v) is 3.04. The van der Waals surface area contributed by atoms with Crippen LogP contribution < -0.4 is 0 Å². The van der Waals surface area contributed by atoms with Gasteiger partial charge in [0.1, 0.15) is 13.2 Å². The molecule has 0 aromatic carbocycles. The summed E-state index contributed by atoms with van der Waals surface area (Å²) in [5.41, 5.74) is 0. The van der Waals surface area contributed by atoms with E-state index in [9.17, 15) is 43.9 Å². The summed E-state index contributed by atoms with van der Waals surface area (Å²) in [4.78, 5) is 0. The summed E-state index contributed by atoms with van der Waals surface area (Å²) in [6.07, 6.45) is -11.7. The lowest BCUT2D eigenvalue weighted by Crippen LogP contribution is -2.39. The Bertz CT molecular complexity index is 411. The molecule has 12 heteroatoms. The van der Waals surface area contributed by atoms with Crippen LogP contribution >= 0.6 is 0 Å². The lowest BCUT2D eigenvalue weighted by molar-refractivity contribution is -0.298. The van der Waals surface area contributed by atoms with Crippen molar-refractivity contribution in [2.24, 2.45) is 11.8 Å². The summed E-state index contributed by atoms with van der Waals surface area (Å²) in [5.74, 6) is -7.57. The Morgan fingerprint density at radius 2 is 1.18 bits per heavy atom. The second-order valence-electron chi connectivity index (χ2n) is 7.12. The third kappa shape index (κ3) is 20.0. The lowest BCUT2D eigenvalue weighted by atomic mass is 9.95. The van der Waals surface area contributed by atoms with Crippen LogP contribution in [0.5, 0.6) is 0 Å². The van der Waals surface area contributed by atoms with Crippen LogP contribution in [0.2, 0.25) is 0 Å². The molecular formula is C16H26F10O2. The van der Waals surface area contributed by atoms with E-state index in [0.717, 1.165) is 0 Å². The van der Waals surface area contributed by atoms with Gasteiger partial charge >= 0.3 is 12.5 Å². The van der Waals surface area contributed by atoms with Crippen molar-refractivity contribution >= 4 is 0 Å². The average molecular weight is 440 g/mol. The molecule has 0 radical (unpaired) electrons. The van der Waals surface area contributed by atoms with Crippen molar-refractivity contribution in [1.29, 1.82) is 0 Å². The minimum atomic E-state index is -5.50. The molecular weight excluding hydrogens is 414 g/mol. The van der Waals surface area contributed by atoms with Crippen LogP contribution in [0, 0.1) is 11.8 Å². The van der Waals surface area contributed by atoms with Crippen molar-refractivity contribution in [3.8, 4) is 0 Å². The minimum absolute atomic E-state index is 0.00182. The predicted molar refractivity (Wildman–Crippen MR) is 82.3 cm³/mol. The highest BCUT2D eigenvalue weighted by molar-refractivity contribution is 4.77. The highest BCUT2D eigenvalue weighted by Crippen LogP contribution is 2.34. The van der Waals surface area contributed by atoms with Gasteiger partial charge < -0.3 is 9.47 Å². The number of hydrogen-bond donors (Lipinski definition) is 0. The van der Waals surface area contributed by atoms with E-state index in [-0.39, 0.29) is 12.3 Å². The van der Waals surface area contributed by atoms with Crippen LogP contribution in [0.3, 0.4) is 0 Å². The number of ether oxygens (including phenoxy) is 2. The molecule has 0 heterocycles. The summed E-state index contributed by atoms with van der Waals surface area (Å²) < 4.78 is 127. The van der Waals surface area contributed by atoms with Gasteiger partial charge in [0, 0.05) is 19.3 Å². The summed E-state index contributed by atoms with van der Waals surface area (Å²) in [5, 5.41) is 0.